The summed E-state index contributed by atoms with van der Waals surface area (Å²) in [5, 5.41) is 9.21. The first kappa shape index (κ1) is 8.46. The minimum Gasteiger partial charge on any atom is -0.507 e. The SMILES string of the molecule is CC(=O)c1ccc(C=O)cc1O. The van der Waals surface area contributed by atoms with Crippen LogP contribution in [-0.4, -0.2) is 17.2 Å². The smallest absolute Gasteiger partial charge is 0.163 e. The number of benzene rings is 1. The maximum absolute atomic E-state index is 10.8. The molecule has 0 fully saturated rings. The molecule has 12 heavy (non-hydrogen) atoms. The van der Waals surface area contributed by atoms with Gasteiger partial charge in [0.2, 0.25) is 0 Å². The van der Waals surface area contributed by atoms with Gasteiger partial charge < -0.3 is 5.11 Å². The van der Waals surface area contributed by atoms with Crippen molar-refractivity contribution in [3.05, 3.63) is 29.3 Å². The van der Waals surface area contributed by atoms with Crippen LogP contribution in [-0.2, 0) is 0 Å². The van der Waals surface area contributed by atoms with Gasteiger partial charge in [-0.05, 0) is 19.1 Å². The van der Waals surface area contributed by atoms with Gasteiger partial charge in [0.25, 0.3) is 0 Å². The lowest BCUT2D eigenvalue weighted by Crippen LogP contribution is -1.93. The summed E-state index contributed by atoms with van der Waals surface area (Å²) in [6.45, 7) is 1.36. The highest BCUT2D eigenvalue weighted by Gasteiger charge is 2.05. The van der Waals surface area contributed by atoms with Crippen LogP contribution in [0, 0.1) is 0 Å². The second-order valence-corrected chi connectivity index (χ2v) is 2.45. The molecule has 1 N–H and O–H groups in total. The minimum absolute atomic E-state index is 0.146. The Hall–Kier alpha value is -1.64. The van der Waals surface area contributed by atoms with E-state index in [1.54, 1.807) is 0 Å². The molecule has 0 aliphatic heterocycles. The Balaban J connectivity index is 3.20. The van der Waals surface area contributed by atoms with Crippen LogP contribution in [0.1, 0.15) is 27.6 Å². The van der Waals surface area contributed by atoms with Crippen molar-refractivity contribution in [2.24, 2.45) is 0 Å². The number of Topliss-reactive ketones (excluding diaryl/α,β-unsaturated/α-hetero) is 1. The Labute approximate surface area is 69.6 Å². The Bertz CT molecular complexity index is 329. The molecule has 0 aliphatic rings. The van der Waals surface area contributed by atoms with E-state index in [9.17, 15) is 14.7 Å². The van der Waals surface area contributed by atoms with Crippen molar-refractivity contribution in [3.63, 3.8) is 0 Å². The van der Waals surface area contributed by atoms with Crippen LogP contribution in [0.4, 0.5) is 0 Å². The molecule has 1 aromatic carbocycles. The Morgan fingerprint density at radius 3 is 2.58 bits per heavy atom. The van der Waals surface area contributed by atoms with Gasteiger partial charge in [-0.15, -0.1) is 0 Å². The Morgan fingerprint density at radius 2 is 2.17 bits per heavy atom. The van der Waals surface area contributed by atoms with Crippen LogP contribution in [0.2, 0.25) is 0 Å². The van der Waals surface area contributed by atoms with Gasteiger partial charge in [-0.1, -0.05) is 6.07 Å². The predicted octanol–water partition coefficient (Wildman–Crippen LogP) is 1.41. The number of phenolic OH excluding ortho intramolecular Hbond substituents is 1. The third-order valence-electron chi connectivity index (χ3n) is 1.54. The highest BCUT2D eigenvalue weighted by Crippen LogP contribution is 2.17. The van der Waals surface area contributed by atoms with Gasteiger partial charge in [0, 0.05) is 5.56 Å². The predicted molar refractivity (Wildman–Crippen MR) is 43.5 cm³/mol. The lowest BCUT2D eigenvalue weighted by molar-refractivity contribution is 0.101. The summed E-state index contributed by atoms with van der Waals surface area (Å²) in [5.74, 6) is -0.364. The van der Waals surface area contributed by atoms with Gasteiger partial charge in [0.05, 0.1) is 5.56 Å². The Kier molecular flexibility index (Phi) is 2.24. The maximum Gasteiger partial charge on any atom is 0.163 e. The molecule has 1 aromatic rings. The molecule has 3 heteroatoms. The molecular formula is C9H8O3. The average molecular weight is 164 g/mol. The monoisotopic (exact) mass is 164 g/mol. The molecule has 0 heterocycles. The summed E-state index contributed by atoms with van der Waals surface area (Å²) in [6, 6.07) is 4.19. The zero-order valence-corrected chi connectivity index (χ0v) is 6.57. The average Bonchev–Trinajstić information content (AvgIpc) is 2.03. The number of hydrogen-bond donors (Lipinski definition) is 1. The summed E-state index contributed by atoms with van der Waals surface area (Å²) in [6.07, 6.45) is 0.615. The van der Waals surface area contributed by atoms with E-state index in [-0.39, 0.29) is 17.1 Å². The molecule has 0 atom stereocenters. The van der Waals surface area contributed by atoms with Crippen LogP contribution < -0.4 is 0 Å². The normalized spacial score (nSPS) is 9.42. The molecule has 0 saturated carbocycles. The third-order valence-corrected chi connectivity index (χ3v) is 1.54. The molecule has 0 aromatic heterocycles. The minimum atomic E-state index is -0.218. The first-order chi connectivity index (χ1) is 5.65. The van der Waals surface area contributed by atoms with Gasteiger partial charge in [0.15, 0.2) is 5.78 Å². The fourth-order valence-electron chi connectivity index (χ4n) is 0.920. The second-order valence-electron chi connectivity index (χ2n) is 2.45. The lowest BCUT2D eigenvalue weighted by atomic mass is 10.1. The van der Waals surface area contributed by atoms with Crippen LogP contribution in [0.3, 0.4) is 0 Å². The fraction of sp³-hybridized carbons (Fsp3) is 0.111. The lowest BCUT2D eigenvalue weighted by Gasteiger charge is -1.99. The standard InChI is InChI=1S/C9H8O3/c1-6(11)8-3-2-7(5-10)4-9(8)12/h2-5,12H,1H3. The number of rotatable bonds is 2. The highest BCUT2D eigenvalue weighted by atomic mass is 16.3. The number of carbonyl (C=O) groups is 2. The summed E-state index contributed by atoms with van der Waals surface area (Å²) in [4.78, 5) is 21.1. The first-order valence-electron chi connectivity index (χ1n) is 3.44. The number of ketones is 1. The summed E-state index contributed by atoms with van der Waals surface area (Å²) >= 11 is 0. The van der Waals surface area contributed by atoms with Crippen molar-refractivity contribution in [1.29, 1.82) is 0 Å². The molecule has 0 amide bonds. The zero-order chi connectivity index (χ0) is 9.14. The third kappa shape index (κ3) is 1.50. The van der Waals surface area contributed by atoms with Crippen molar-refractivity contribution in [3.8, 4) is 5.75 Å². The van der Waals surface area contributed by atoms with Crippen LogP contribution in [0.25, 0.3) is 0 Å². The summed E-state index contributed by atoms with van der Waals surface area (Å²) < 4.78 is 0. The van der Waals surface area contributed by atoms with E-state index < -0.39 is 0 Å². The van der Waals surface area contributed by atoms with E-state index in [1.807, 2.05) is 0 Å². The molecule has 0 bridgehead atoms. The molecule has 0 unspecified atom stereocenters. The Morgan fingerprint density at radius 1 is 1.50 bits per heavy atom. The van der Waals surface area contributed by atoms with Gasteiger partial charge in [-0.3, -0.25) is 9.59 Å². The van der Waals surface area contributed by atoms with Crippen LogP contribution in [0.5, 0.6) is 5.75 Å². The van der Waals surface area contributed by atoms with E-state index in [0.29, 0.717) is 11.8 Å². The van der Waals surface area contributed by atoms with Crippen molar-refractivity contribution < 1.29 is 14.7 Å². The molecular weight excluding hydrogens is 156 g/mol. The topological polar surface area (TPSA) is 54.4 Å². The van der Waals surface area contributed by atoms with Crippen LogP contribution >= 0.6 is 0 Å². The zero-order valence-electron chi connectivity index (χ0n) is 6.57. The van der Waals surface area contributed by atoms with Gasteiger partial charge in [0.1, 0.15) is 12.0 Å². The first-order valence-corrected chi connectivity index (χ1v) is 3.44. The summed E-state index contributed by atoms with van der Waals surface area (Å²) in [7, 11) is 0. The van der Waals surface area contributed by atoms with Gasteiger partial charge >= 0.3 is 0 Å². The number of phenols is 1. The molecule has 62 valence electrons. The van der Waals surface area contributed by atoms with E-state index in [4.69, 9.17) is 0 Å². The highest BCUT2D eigenvalue weighted by molar-refractivity contribution is 5.97. The van der Waals surface area contributed by atoms with Gasteiger partial charge in [-0.25, -0.2) is 0 Å². The van der Waals surface area contributed by atoms with Crippen molar-refractivity contribution in [2.75, 3.05) is 0 Å². The molecule has 3 nitrogen and oxygen atoms in total. The second kappa shape index (κ2) is 3.17. The van der Waals surface area contributed by atoms with E-state index >= 15 is 0 Å². The molecule has 0 saturated heterocycles. The maximum atomic E-state index is 10.8. The van der Waals surface area contributed by atoms with Crippen molar-refractivity contribution in [1.82, 2.24) is 0 Å². The van der Waals surface area contributed by atoms with E-state index in [1.165, 1.54) is 25.1 Å². The quantitative estimate of drug-likeness (QED) is 0.531. The van der Waals surface area contributed by atoms with Crippen molar-refractivity contribution in [2.45, 2.75) is 6.92 Å². The number of hydrogen-bond acceptors (Lipinski definition) is 3. The van der Waals surface area contributed by atoms with E-state index in [2.05, 4.69) is 0 Å². The number of carbonyl (C=O) groups excluding carboxylic acids is 2. The van der Waals surface area contributed by atoms with E-state index in [0.717, 1.165) is 0 Å². The largest absolute Gasteiger partial charge is 0.507 e. The summed E-state index contributed by atoms with van der Waals surface area (Å²) in [5.41, 5.74) is 0.595. The number of aromatic hydroxyl groups is 1. The number of aldehydes is 1. The van der Waals surface area contributed by atoms with Gasteiger partial charge in [-0.2, -0.15) is 0 Å². The van der Waals surface area contributed by atoms with Crippen LogP contribution in [0.15, 0.2) is 18.2 Å². The fourth-order valence-corrected chi connectivity index (χ4v) is 0.920. The molecule has 0 spiro atoms. The van der Waals surface area contributed by atoms with Crippen molar-refractivity contribution >= 4 is 12.1 Å². The molecule has 0 aliphatic carbocycles. The molecule has 1 rings (SSSR count). The molecule has 0 radical (unpaired) electrons.